The Morgan fingerprint density at radius 2 is 2.50 bits per heavy atom. The minimum atomic E-state index is 0.824. The summed E-state index contributed by atoms with van der Waals surface area (Å²) in [4.78, 5) is 2.45. The number of piperazine rings is 1. The van der Waals surface area contributed by atoms with Crippen molar-refractivity contribution < 1.29 is 0 Å². The molecule has 2 saturated heterocycles. The number of likely N-dealkylation sites (tertiary alicyclic amines) is 1. The molecule has 0 aliphatic carbocycles. The van der Waals surface area contributed by atoms with Crippen LogP contribution in [0.3, 0.4) is 0 Å². The van der Waals surface area contributed by atoms with Crippen molar-refractivity contribution in [3.63, 3.8) is 0 Å². The lowest BCUT2D eigenvalue weighted by atomic mass is 10.2. The summed E-state index contributed by atoms with van der Waals surface area (Å²) in [6.07, 6.45) is 1.39. The maximum Gasteiger partial charge on any atom is 0.0233 e. The maximum atomic E-state index is 3.44. The molecule has 2 bridgehead atoms. The highest BCUT2D eigenvalue weighted by molar-refractivity contribution is 4.95. The third-order valence-corrected chi connectivity index (χ3v) is 2.33. The van der Waals surface area contributed by atoms with Crippen molar-refractivity contribution in [2.45, 2.75) is 18.5 Å². The molecule has 2 heteroatoms. The molecular formula is C6H12N2. The van der Waals surface area contributed by atoms with Crippen LogP contribution in [-0.2, 0) is 0 Å². The summed E-state index contributed by atoms with van der Waals surface area (Å²) < 4.78 is 0. The fourth-order valence-corrected chi connectivity index (χ4v) is 1.77. The van der Waals surface area contributed by atoms with Crippen LogP contribution < -0.4 is 5.32 Å². The molecular weight excluding hydrogens is 100 g/mol. The summed E-state index contributed by atoms with van der Waals surface area (Å²) in [5.41, 5.74) is 0. The molecule has 1 N–H and O–H groups in total. The van der Waals surface area contributed by atoms with Crippen molar-refractivity contribution in [1.29, 1.82) is 0 Å². The summed E-state index contributed by atoms with van der Waals surface area (Å²) in [6, 6.07) is 1.69. The monoisotopic (exact) mass is 112 g/mol. The molecule has 2 nitrogen and oxygen atoms in total. The average molecular weight is 112 g/mol. The molecule has 2 aliphatic heterocycles. The standard InChI is InChI=1S/C6H12N2/c1-8-4-5-2-6(8)3-7-5/h5-7H,2-4H2,1H3/t5?,6-/m0/s1. The van der Waals surface area contributed by atoms with Crippen molar-refractivity contribution in [3.8, 4) is 0 Å². The molecule has 1 unspecified atom stereocenters. The van der Waals surface area contributed by atoms with Gasteiger partial charge in [0, 0.05) is 25.2 Å². The average Bonchev–Trinajstić information content (AvgIpc) is 2.23. The third kappa shape index (κ3) is 0.501. The van der Waals surface area contributed by atoms with Crippen LogP contribution in [0.1, 0.15) is 6.42 Å². The molecule has 0 amide bonds. The molecule has 8 heavy (non-hydrogen) atoms. The first kappa shape index (κ1) is 4.77. The van der Waals surface area contributed by atoms with E-state index in [-0.39, 0.29) is 0 Å². The first-order chi connectivity index (χ1) is 3.86. The summed E-state index contributed by atoms with van der Waals surface area (Å²) in [5.74, 6) is 0. The molecule has 2 heterocycles. The van der Waals surface area contributed by atoms with E-state index in [1.165, 1.54) is 19.5 Å². The van der Waals surface area contributed by atoms with Crippen LogP contribution in [0.4, 0.5) is 0 Å². The highest BCUT2D eigenvalue weighted by Gasteiger charge is 2.34. The van der Waals surface area contributed by atoms with E-state index in [4.69, 9.17) is 0 Å². The number of hydrogen-bond donors (Lipinski definition) is 1. The van der Waals surface area contributed by atoms with Gasteiger partial charge >= 0.3 is 0 Å². The van der Waals surface area contributed by atoms with Crippen molar-refractivity contribution >= 4 is 0 Å². The second kappa shape index (κ2) is 1.45. The van der Waals surface area contributed by atoms with Crippen LogP contribution in [0.25, 0.3) is 0 Å². The lowest BCUT2D eigenvalue weighted by Gasteiger charge is -2.21. The molecule has 2 atom stereocenters. The first-order valence-electron chi connectivity index (χ1n) is 3.30. The Morgan fingerprint density at radius 1 is 1.62 bits per heavy atom. The molecule has 0 saturated carbocycles. The molecule has 0 aromatic carbocycles. The zero-order valence-electron chi connectivity index (χ0n) is 5.22. The fraction of sp³-hybridized carbons (Fsp3) is 1.00. The van der Waals surface area contributed by atoms with Gasteiger partial charge in [-0.1, -0.05) is 0 Å². The van der Waals surface area contributed by atoms with Gasteiger partial charge in [-0.2, -0.15) is 0 Å². The van der Waals surface area contributed by atoms with Gasteiger partial charge in [-0.3, -0.25) is 0 Å². The Hall–Kier alpha value is -0.0800. The van der Waals surface area contributed by atoms with E-state index in [0.717, 1.165) is 12.1 Å². The van der Waals surface area contributed by atoms with Crippen LogP contribution >= 0.6 is 0 Å². The first-order valence-corrected chi connectivity index (χ1v) is 3.30. The minimum Gasteiger partial charge on any atom is -0.311 e. The van der Waals surface area contributed by atoms with E-state index in [1.54, 1.807) is 0 Å². The molecule has 2 rings (SSSR count). The van der Waals surface area contributed by atoms with E-state index in [9.17, 15) is 0 Å². The molecule has 2 fully saturated rings. The Labute approximate surface area is 49.9 Å². The van der Waals surface area contributed by atoms with Crippen LogP contribution in [0.2, 0.25) is 0 Å². The van der Waals surface area contributed by atoms with Gasteiger partial charge in [-0.25, -0.2) is 0 Å². The number of fused-ring (bicyclic) bond motifs is 2. The van der Waals surface area contributed by atoms with Gasteiger partial charge in [0.05, 0.1) is 0 Å². The van der Waals surface area contributed by atoms with E-state index in [1.807, 2.05) is 0 Å². The number of rotatable bonds is 0. The van der Waals surface area contributed by atoms with Gasteiger partial charge in [0.15, 0.2) is 0 Å². The van der Waals surface area contributed by atoms with Crippen molar-refractivity contribution in [2.24, 2.45) is 0 Å². The molecule has 0 aromatic heterocycles. The maximum absolute atomic E-state index is 3.44. The zero-order valence-corrected chi connectivity index (χ0v) is 5.22. The number of likely N-dealkylation sites (N-methyl/N-ethyl adjacent to an activating group) is 1. The van der Waals surface area contributed by atoms with E-state index < -0.39 is 0 Å². The highest BCUT2D eigenvalue weighted by Crippen LogP contribution is 2.20. The Balaban J connectivity index is 2.11. The van der Waals surface area contributed by atoms with Crippen molar-refractivity contribution in [3.05, 3.63) is 0 Å². The number of nitrogens with zero attached hydrogens (tertiary/aromatic N) is 1. The van der Waals surface area contributed by atoms with Gasteiger partial charge in [0.25, 0.3) is 0 Å². The van der Waals surface area contributed by atoms with Crippen LogP contribution in [0.15, 0.2) is 0 Å². The second-order valence-electron chi connectivity index (χ2n) is 2.93. The predicted molar refractivity (Wildman–Crippen MR) is 32.8 cm³/mol. The molecule has 46 valence electrons. The summed E-state index contributed by atoms with van der Waals surface area (Å²) in [6.45, 7) is 2.49. The van der Waals surface area contributed by atoms with Gasteiger partial charge in [-0.15, -0.1) is 0 Å². The van der Waals surface area contributed by atoms with Gasteiger partial charge in [0.1, 0.15) is 0 Å². The van der Waals surface area contributed by atoms with E-state index in [0.29, 0.717) is 0 Å². The third-order valence-electron chi connectivity index (χ3n) is 2.33. The van der Waals surface area contributed by atoms with Crippen LogP contribution in [0, 0.1) is 0 Å². The Kier molecular flexibility index (Phi) is 0.866. The molecule has 0 radical (unpaired) electrons. The molecule has 0 spiro atoms. The quantitative estimate of drug-likeness (QED) is 0.461. The van der Waals surface area contributed by atoms with Gasteiger partial charge in [0.2, 0.25) is 0 Å². The van der Waals surface area contributed by atoms with Crippen molar-refractivity contribution in [1.82, 2.24) is 10.2 Å². The smallest absolute Gasteiger partial charge is 0.0233 e. The summed E-state index contributed by atoms with van der Waals surface area (Å²) in [5, 5.41) is 3.44. The van der Waals surface area contributed by atoms with E-state index in [2.05, 4.69) is 17.3 Å². The van der Waals surface area contributed by atoms with Gasteiger partial charge in [-0.05, 0) is 13.5 Å². The largest absolute Gasteiger partial charge is 0.311 e. The topological polar surface area (TPSA) is 15.3 Å². The summed E-state index contributed by atoms with van der Waals surface area (Å²) in [7, 11) is 2.21. The fourth-order valence-electron chi connectivity index (χ4n) is 1.77. The van der Waals surface area contributed by atoms with Crippen LogP contribution in [-0.4, -0.2) is 37.1 Å². The molecule has 0 aromatic rings. The van der Waals surface area contributed by atoms with Crippen molar-refractivity contribution in [2.75, 3.05) is 20.1 Å². The Bertz CT molecular complexity index is 101. The minimum absolute atomic E-state index is 0.824. The normalized spacial score (nSPS) is 46.1. The lowest BCUT2D eigenvalue weighted by Crippen LogP contribution is -2.41. The van der Waals surface area contributed by atoms with Crippen LogP contribution in [0.5, 0.6) is 0 Å². The number of nitrogens with one attached hydrogen (secondary N) is 1. The summed E-state index contributed by atoms with van der Waals surface area (Å²) >= 11 is 0. The molecule has 2 aliphatic rings. The SMILES string of the molecule is CN1CC2C[C@H]1CN2. The second-order valence-corrected chi connectivity index (χ2v) is 2.93. The van der Waals surface area contributed by atoms with E-state index >= 15 is 0 Å². The lowest BCUT2D eigenvalue weighted by molar-refractivity contribution is 0.276. The zero-order chi connectivity index (χ0) is 5.56. The Morgan fingerprint density at radius 3 is 2.75 bits per heavy atom. The van der Waals surface area contributed by atoms with Gasteiger partial charge < -0.3 is 10.2 Å². The predicted octanol–water partition coefficient (Wildman–Crippen LogP) is -0.338. The highest BCUT2D eigenvalue weighted by atomic mass is 15.3. The number of hydrogen-bond acceptors (Lipinski definition) is 2.